The van der Waals surface area contributed by atoms with Crippen molar-refractivity contribution >= 4 is 23.3 Å². The van der Waals surface area contributed by atoms with E-state index in [0.717, 1.165) is 19.3 Å². The summed E-state index contributed by atoms with van der Waals surface area (Å²) in [6.45, 7) is 2.18. The van der Waals surface area contributed by atoms with E-state index >= 15 is 0 Å². The zero-order chi connectivity index (χ0) is 16.2. The molecular weight excluding hydrogens is 318 g/mol. The molecular formula is C16H22ClN3O3. The number of halogens is 1. The summed E-state index contributed by atoms with van der Waals surface area (Å²) in [5, 5.41) is 13.5. The lowest BCUT2D eigenvalue weighted by molar-refractivity contribution is -0.121. The van der Waals surface area contributed by atoms with Crippen LogP contribution in [0.4, 0.5) is 5.82 Å². The Morgan fingerprint density at radius 2 is 2.35 bits per heavy atom. The summed E-state index contributed by atoms with van der Waals surface area (Å²) in [6.07, 6.45) is 4.09. The van der Waals surface area contributed by atoms with Crippen LogP contribution in [0, 0.1) is 5.92 Å². The van der Waals surface area contributed by atoms with Crippen LogP contribution in [0.1, 0.15) is 19.3 Å². The van der Waals surface area contributed by atoms with Gasteiger partial charge in [0, 0.05) is 24.7 Å². The molecule has 1 aliphatic carbocycles. The first kappa shape index (κ1) is 16.6. The van der Waals surface area contributed by atoms with Crippen LogP contribution >= 0.6 is 11.6 Å². The summed E-state index contributed by atoms with van der Waals surface area (Å²) < 4.78 is 5.57. The van der Waals surface area contributed by atoms with E-state index in [2.05, 4.69) is 15.2 Å². The minimum Gasteiger partial charge on any atom is -0.393 e. The molecule has 0 bridgehead atoms. The lowest BCUT2D eigenvalue weighted by atomic mass is 9.94. The van der Waals surface area contributed by atoms with Gasteiger partial charge in [0.2, 0.25) is 5.91 Å². The third-order valence-corrected chi connectivity index (χ3v) is 4.87. The molecule has 0 unspecified atom stereocenters. The number of hydrogen-bond donors (Lipinski definition) is 2. The van der Waals surface area contributed by atoms with Crippen LogP contribution < -0.4 is 5.32 Å². The number of carbonyl (C=O) groups is 1. The minimum absolute atomic E-state index is 0.102. The first-order valence-corrected chi connectivity index (χ1v) is 8.42. The predicted octanol–water partition coefficient (Wildman–Crippen LogP) is 1.54. The van der Waals surface area contributed by atoms with E-state index in [1.54, 1.807) is 12.1 Å². The second-order valence-electron chi connectivity index (χ2n) is 6.18. The zero-order valence-corrected chi connectivity index (χ0v) is 13.7. The van der Waals surface area contributed by atoms with Crippen molar-refractivity contribution in [2.45, 2.75) is 31.4 Å². The van der Waals surface area contributed by atoms with Crippen LogP contribution in [0.15, 0.2) is 18.3 Å². The number of anilines is 1. The summed E-state index contributed by atoms with van der Waals surface area (Å²) in [4.78, 5) is 18.5. The molecule has 1 aromatic heterocycles. The number of morpholine rings is 1. The smallest absolute Gasteiger partial charge is 0.239 e. The number of pyridine rings is 1. The van der Waals surface area contributed by atoms with Gasteiger partial charge in [0.1, 0.15) is 5.82 Å². The number of nitrogens with one attached hydrogen (secondary N) is 1. The summed E-state index contributed by atoms with van der Waals surface area (Å²) in [5.41, 5.74) is 0. The number of aromatic nitrogens is 1. The van der Waals surface area contributed by atoms with Gasteiger partial charge in [-0.1, -0.05) is 18.0 Å². The normalized spacial score (nSPS) is 28.7. The van der Waals surface area contributed by atoms with Crippen molar-refractivity contribution in [2.24, 2.45) is 5.92 Å². The Morgan fingerprint density at radius 3 is 3.04 bits per heavy atom. The van der Waals surface area contributed by atoms with Crippen molar-refractivity contribution in [3.8, 4) is 0 Å². The first-order valence-electron chi connectivity index (χ1n) is 8.05. The Bertz CT molecular complexity index is 540. The highest BCUT2D eigenvalue weighted by Crippen LogP contribution is 2.32. The fraction of sp³-hybridized carbons (Fsp3) is 0.625. The highest BCUT2D eigenvalue weighted by atomic mass is 35.5. The fourth-order valence-corrected chi connectivity index (χ4v) is 3.59. The number of amides is 1. The summed E-state index contributed by atoms with van der Waals surface area (Å²) in [5.74, 6) is 0.570. The number of aliphatic hydroxyl groups is 1. The van der Waals surface area contributed by atoms with Gasteiger partial charge in [-0.05, 0) is 25.0 Å². The highest BCUT2D eigenvalue weighted by Gasteiger charge is 2.38. The molecule has 2 N–H and O–H groups in total. The lowest BCUT2D eigenvalue weighted by Crippen LogP contribution is -2.53. The van der Waals surface area contributed by atoms with Gasteiger partial charge < -0.3 is 15.2 Å². The molecule has 23 heavy (non-hydrogen) atoms. The van der Waals surface area contributed by atoms with E-state index in [-0.39, 0.29) is 30.5 Å². The van der Waals surface area contributed by atoms with E-state index in [1.807, 2.05) is 0 Å². The standard InChI is InChI=1S/C16H22ClN3O3/c17-11-4-5-15(18-8-11)19-16(22)9-20-6-7-23-10-13(20)12-2-1-3-14(12)21/h4-5,8,12-14,21H,1-3,6-7,9-10H2,(H,18,19,22)/t12-,13+,14+/m0/s1. The number of hydrogen-bond acceptors (Lipinski definition) is 5. The first-order chi connectivity index (χ1) is 11.1. The number of nitrogens with zero attached hydrogens (tertiary/aromatic N) is 2. The molecule has 1 aromatic rings. The Hall–Kier alpha value is -1.21. The molecule has 3 atom stereocenters. The van der Waals surface area contributed by atoms with Crippen LogP contribution in [0.5, 0.6) is 0 Å². The molecule has 1 amide bonds. The monoisotopic (exact) mass is 339 g/mol. The maximum atomic E-state index is 12.3. The second-order valence-corrected chi connectivity index (χ2v) is 6.62. The molecule has 3 rings (SSSR count). The van der Waals surface area contributed by atoms with Crippen molar-refractivity contribution in [3.63, 3.8) is 0 Å². The molecule has 126 valence electrons. The maximum absolute atomic E-state index is 12.3. The maximum Gasteiger partial charge on any atom is 0.239 e. The Balaban J connectivity index is 1.60. The molecule has 2 heterocycles. The van der Waals surface area contributed by atoms with Crippen molar-refractivity contribution in [3.05, 3.63) is 23.4 Å². The average Bonchev–Trinajstić information content (AvgIpc) is 2.96. The van der Waals surface area contributed by atoms with Gasteiger partial charge in [-0.3, -0.25) is 9.69 Å². The lowest BCUT2D eigenvalue weighted by Gasteiger charge is -2.39. The van der Waals surface area contributed by atoms with Crippen molar-refractivity contribution in [1.29, 1.82) is 0 Å². The quantitative estimate of drug-likeness (QED) is 0.870. The van der Waals surface area contributed by atoms with Gasteiger partial charge in [-0.25, -0.2) is 4.98 Å². The number of ether oxygens (including phenoxy) is 1. The number of rotatable bonds is 4. The molecule has 1 saturated carbocycles. The zero-order valence-electron chi connectivity index (χ0n) is 12.9. The van der Waals surface area contributed by atoms with E-state index < -0.39 is 0 Å². The van der Waals surface area contributed by atoms with Gasteiger partial charge in [0.05, 0.1) is 30.9 Å². The van der Waals surface area contributed by atoms with Gasteiger partial charge in [-0.15, -0.1) is 0 Å². The van der Waals surface area contributed by atoms with Gasteiger partial charge in [-0.2, -0.15) is 0 Å². The second kappa shape index (κ2) is 7.57. The molecule has 0 spiro atoms. The van der Waals surface area contributed by atoms with Crippen LogP contribution in [0.2, 0.25) is 5.02 Å². The Labute approximate surface area is 140 Å². The summed E-state index contributed by atoms with van der Waals surface area (Å²) in [7, 11) is 0. The Morgan fingerprint density at radius 1 is 1.48 bits per heavy atom. The van der Waals surface area contributed by atoms with Crippen LogP contribution in [-0.2, 0) is 9.53 Å². The van der Waals surface area contributed by atoms with E-state index in [9.17, 15) is 9.90 Å². The van der Waals surface area contributed by atoms with Crippen LogP contribution in [-0.4, -0.2) is 59.3 Å². The molecule has 6 nitrogen and oxygen atoms in total. The third kappa shape index (κ3) is 4.20. The molecule has 2 aliphatic rings. The molecule has 1 aliphatic heterocycles. The van der Waals surface area contributed by atoms with E-state index in [0.29, 0.717) is 30.6 Å². The van der Waals surface area contributed by atoms with Crippen molar-refractivity contribution < 1.29 is 14.6 Å². The van der Waals surface area contributed by atoms with Gasteiger partial charge in [0.25, 0.3) is 0 Å². The summed E-state index contributed by atoms with van der Waals surface area (Å²) in [6, 6.07) is 3.47. The average molecular weight is 340 g/mol. The SMILES string of the molecule is O=C(CN1CCOC[C@@H]1[C@@H]1CCC[C@H]1O)Nc1ccc(Cl)cn1. The fourth-order valence-electron chi connectivity index (χ4n) is 3.48. The summed E-state index contributed by atoms with van der Waals surface area (Å²) >= 11 is 5.79. The topological polar surface area (TPSA) is 74.7 Å². The van der Waals surface area contributed by atoms with Crippen LogP contribution in [0.3, 0.4) is 0 Å². The molecule has 7 heteroatoms. The predicted molar refractivity (Wildman–Crippen MR) is 87.4 cm³/mol. The number of carbonyl (C=O) groups excluding carboxylic acids is 1. The molecule has 1 saturated heterocycles. The van der Waals surface area contributed by atoms with Gasteiger partial charge in [0.15, 0.2) is 0 Å². The number of aliphatic hydroxyl groups excluding tert-OH is 1. The Kier molecular flexibility index (Phi) is 5.48. The minimum atomic E-state index is -0.287. The van der Waals surface area contributed by atoms with Crippen LogP contribution in [0.25, 0.3) is 0 Å². The van der Waals surface area contributed by atoms with Gasteiger partial charge >= 0.3 is 0 Å². The van der Waals surface area contributed by atoms with E-state index in [4.69, 9.17) is 16.3 Å². The van der Waals surface area contributed by atoms with Crippen molar-refractivity contribution in [2.75, 3.05) is 31.6 Å². The third-order valence-electron chi connectivity index (χ3n) is 4.65. The molecule has 0 aromatic carbocycles. The van der Waals surface area contributed by atoms with E-state index in [1.165, 1.54) is 6.20 Å². The highest BCUT2D eigenvalue weighted by molar-refractivity contribution is 6.30. The molecule has 0 radical (unpaired) electrons. The van der Waals surface area contributed by atoms with Crippen molar-refractivity contribution in [1.82, 2.24) is 9.88 Å². The largest absolute Gasteiger partial charge is 0.393 e. The molecule has 2 fully saturated rings.